The number of carbonyl (C=O) groups excluding carboxylic acids is 3. The summed E-state index contributed by atoms with van der Waals surface area (Å²) in [7, 11) is 0. The highest BCUT2D eigenvalue weighted by atomic mass is 16.2. The zero-order chi connectivity index (χ0) is 19.2. The molecule has 0 aliphatic carbocycles. The van der Waals surface area contributed by atoms with Crippen molar-refractivity contribution in [3.05, 3.63) is 83.6 Å². The molecular weight excluding hydrogens is 346 g/mol. The first-order chi connectivity index (χ1) is 13.0. The van der Waals surface area contributed by atoms with Crippen molar-refractivity contribution in [1.29, 1.82) is 0 Å². The van der Waals surface area contributed by atoms with Gasteiger partial charge >= 0.3 is 0 Å². The maximum Gasteiger partial charge on any atom is 0.252 e. The second kappa shape index (κ2) is 7.96. The van der Waals surface area contributed by atoms with Crippen LogP contribution in [0.1, 0.15) is 32.3 Å². The van der Waals surface area contributed by atoms with Crippen LogP contribution in [0, 0.1) is 0 Å². The van der Waals surface area contributed by atoms with Crippen LogP contribution in [-0.4, -0.2) is 27.9 Å². The molecule has 1 heterocycles. The molecule has 0 saturated carbocycles. The Morgan fingerprint density at radius 2 is 1.59 bits per heavy atom. The number of aromatic amines is 1. The van der Waals surface area contributed by atoms with E-state index in [1.807, 2.05) is 6.07 Å². The molecule has 8 heteroatoms. The van der Waals surface area contributed by atoms with Gasteiger partial charge in [-0.1, -0.05) is 30.3 Å². The number of amides is 3. The molecule has 0 saturated heterocycles. The lowest BCUT2D eigenvalue weighted by Gasteiger charge is -2.18. The predicted molar refractivity (Wildman–Crippen MR) is 98.8 cm³/mol. The molecule has 1 aromatic heterocycles. The molecule has 8 nitrogen and oxygen atoms in total. The van der Waals surface area contributed by atoms with Crippen LogP contribution in [-0.2, 0) is 4.79 Å². The van der Waals surface area contributed by atoms with Crippen LogP contribution in [0.15, 0.2) is 66.9 Å². The fourth-order valence-electron chi connectivity index (χ4n) is 2.48. The third-order valence-corrected chi connectivity index (χ3v) is 3.86. The van der Waals surface area contributed by atoms with E-state index in [0.29, 0.717) is 22.5 Å². The Kier molecular flexibility index (Phi) is 5.27. The summed E-state index contributed by atoms with van der Waals surface area (Å²) < 4.78 is 0. The molecule has 0 fully saturated rings. The van der Waals surface area contributed by atoms with Gasteiger partial charge in [0.1, 0.15) is 11.9 Å². The van der Waals surface area contributed by atoms with Crippen LogP contribution >= 0.6 is 0 Å². The number of primary amides is 1. The van der Waals surface area contributed by atoms with Gasteiger partial charge in [0.25, 0.3) is 11.8 Å². The van der Waals surface area contributed by atoms with Crippen LogP contribution in [0.25, 0.3) is 0 Å². The van der Waals surface area contributed by atoms with E-state index in [-0.39, 0.29) is 0 Å². The van der Waals surface area contributed by atoms with E-state index >= 15 is 0 Å². The van der Waals surface area contributed by atoms with Crippen molar-refractivity contribution in [2.75, 3.05) is 5.32 Å². The van der Waals surface area contributed by atoms with Crippen molar-refractivity contribution >= 4 is 23.5 Å². The lowest BCUT2D eigenvalue weighted by Crippen LogP contribution is -2.37. The average molecular weight is 363 g/mol. The average Bonchev–Trinajstić information content (AvgIpc) is 3.19. The van der Waals surface area contributed by atoms with Crippen molar-refractivity contribution < 1.29 is 14.4 Å². The molecule has 1 atom stereocenters. The zero-order valence-electron chi connectivity index (χ0n) is 14.2. The fraction of sp³-hybridized carbons (Fsp3) is 0.0526. The van der Waals surface area contributed by atoms with Gasteiger partial charge in [0.05, 0.1) is 6.20 Å². The number of hydrogen-bond donors (Lipinski definition) is 4. The second-order valence-corrected chi connectivity index (χ2v) is 5.72. The zero-order valence-corrected chi connectivity index (χ0v) is 14.2. The summed E-state index contributed by atoms with van der Waals surface area (Å²) in [5.74, 6) is -1.05. The Balaban J connectivity index is 1.81. The van der Waals surface area contributed by atoms with Crippen molar-refractivity contribution in [3.8, 4) is 0 Å². The summed E-state index contributed by atoms with van der Waals surface area (Å²) >= 11 is 0. The molecule has 27 heavy (non-hydrogen) atoms. The number of rotatable bonds is 6. The summed E-state index contributed by atoms with van der Waals surface area (Å²) in [6.45, 7) is 0. The first-order valence-corrected chi connectivity index (χ1v) is 8.10. The highest BCUT2D eigenvalue weighted by Gasteiger charge is 2.23. The number of H-pyrrole nitrogens is 1. The molecule has 2 aromatic carbocycles. The van der Waals surface area contributed by atoms with Gasteiger partial charge in [0.2, 0.25) is 5.91 Å². The third kappa shape index (κ3) is 4.37. The lowest BCUT2D eigenvalue weighted by atomic mass is 10.0. The summed E-state index contributed by atoms with van der Waals surface area (Å²) in [6, 6.07) is 15.4. The molecule has 3 amide bonds. The summed E-state index contributed by atoms with van der Waals surface area (Å²) in [5, 5.41) is 11.8. The van der Waals surface area contributed by atoms with E-state index < -0.39 is 23.8 Å². The Bertz CT molecular complexity index is 937. The van der Waals surface area contributed by atoms with Gasteiger partial charge in [-0.15, -0.1) is 0 Å². The Hall–Kier alpha value is -3.94. The number of hydrogen-bond acceptors (Lipinski definition) is 4. The molecule has 0 bridgehead atoms. The van der Waals surface area contributed by atoms with Crippen LogP contribution in [0.3, 0.4) is 0 Å². The number of nitrogens with zero attached hydrogens (tertiary/aromatic N) is 1. The third-order valence-electron chi connectivity index (χ3n) is 3.86. The lowest BCUT2D eigenvalue weighted by molar-refractivity contribution is -0.118. The topological polar surface area (TPSA) is 130 Å². The van der Waals surface area contributed by atoms with E-state index in [4.69, 9.17) is 5.73 Å². The van der Waals surface area contributed by atoms with Crippen molar-refractivity contribution in [3.63, 3.8) is 0 Å². The van der Waals surface area contributed by atoms with Gasteiger partial charge in [-0.3, -0.25) is 19.5 Å². The monoisotopic (exact) mass is 363 g/mol. The van der Waals surface area contributed by atoms with Gasteiger partial charge in [0.15, 0.2) is 0 Å². The van der Waals surface area contributed by atoms with E-state index in [9.17, 15) is 14.4 Å². The molecule has 136 valence electrons. The number of benzene rings is 2. The van der Waals surface area contributed by atoms with Crippen LogP contribution in [0.2, 0.25) is 0 Å². The molecule has 5 N–H and O–H groups in total. The largest absolute Gasteiger partial charge is 0.366 e. The minimum absolute atomic E-state index is 0.295. The van der Waals surface area contributed by atoms with E-state index in [1.54, 1.807) is 30.3 Å². The van der Waals surface area contributed by atoms with E-state index in [1.165, 1.54) is 30.5 Å². The Labute approximate surface area is 154 Å². The molecule has 0 aliphatic heterocycles. The van der Waals surface area contributed by atoms with Gasteiger partial charge in [0, 0.05) is 17.2 Å². The van der Waals surface area contributed by atoms with Gasteiger partial charge in [-0.05, 0) is 29.8 Å². The maximum absolute atomic E-state index is 12.7. The number of nitrogens with two attached hydrogens (primary N) is 1. The smallest absolute Gasteiger partial charge is 0.252 e. The number of anilines is 1. The van der Waals surface area contributed by atoms with E-state index in [0.717, 1.165) is 0 Å². The summed E-state index contributed by atoms with van der Waals surface area (Å²) in [5.41, 5.74) is 6.42. The second-order valence-electron chi connectivity index (χ2n) is 5.72. The maximum atomic E-state index is 12.7. The molecule has 0 spiro atoms. The SMILES string of the molecule is NC(=O)c1ccc(C(=O)NC(C(=O)Nc2ccn[nH]2)c2ccccc2)cc1. The highest BCUT2D eigenvalue weighted by Crippen LogP contribution is 2.16. The first kappa shape index (κ1) is 17.9. The molecule has 0 radical (unpaired) electrons. The fourth-order valence-corrected chi connectivity index (χ4v) is 2.48. The van der Waals surface area contributed by atoms with Crippen LogP contribution < -0.4 is 16.4 Å². The number of carbonyl (C=O) groups is 3. The van der Waals surface area contributed by atoms with Crippen LogP contribution in [0.4, 0.5) is 5.82 Å². The standard InChI is InChI=1S/C19H17N5O3/c20-17(25)13-6-8-14(9-7-13)18(26)23-16(12-4-2-1-3-5-12)19(27)22-15-10-11-21-24-15/h1-11,16H,(H2,20,25)(H,23,26)(H2,21,22,24,27). The van der Waals surface area contributed by atoms with Crippen LogP contribution in [0.5, 0.6) is 0 Å². The summed E-state index contributed by atoms with van der Waals surface area (Å²) in [6.07, 6.45) is 1.51. The quantitative estimate of drug-likeness (QED) is 0.530. The number of aromatic nitrogens is 2. The minimum Gasteiger partial charge on any atom is -0.366 e. The highest BCUT2D eigenvalue weighted by molar-refractivity contribution is 6.02. The van der Waals surface area contributed by atoms with Crippen molar-refractivity contribution in [2.24, 2.45) is 5.73 Å². The van der Waals surface area contributed by atoms with Gasteiger partial charge < -0.3 is 16.4 Å². The van der Waals surface area contributed by atoms with Crippen molar-refractivity contribution in [2.45, 2.75) is 6.04 Å². The van der Waals surface area contributed by atoms with Gasteiger partial charge in [-0.25, -0.2) is 0 Å². The van der Waals surface area contributed by atoms with Crippen molar-refractivity contribution in [1.82, 2.24) is 15.5 Å². The minimum atomic E-state index is -0.919. The summed E-state index contributed by atoms with van der Waals surface area (Å²) in [4.78, 5) is 36.4. The molecule has 0 aliphatic rings. The predicted octanol–water partition coefficient (Wildman–Crippen LogP) is 1.62. The van der Waals surface area contributed by atoms with E-state index in [2.05, 4.69) is 20.8 Å². The van der Waals surface area contributed by atoms with Gasteiger partial charge in [-0.2, -0.15) is 5.10 Å². The Morgan fingerprint density at radius 1 is 0.926 bits per heavy atom. The molecule has 1 unspecified atom stereocenters. The molecule has 3 aromatic rings. The molecule has 3 rings (SSSR count). The first-order valence-electron chi connectivity index (χ1n) is 8.10. The Morgan fingerprint density at radius 3 is 2.19 bits per heavy atom. The molecular formula is C19H17N5O3. The number of nitrogens with one attached hydrogen (secondary N) is 3. The normalized spacial score (nSPS) is 11.4.